The fraction of sp³-hybridized carbons (Fsp3) is 0.200. The second kappa shape index (κ2) is 6.81. The lowest BCUT2D eigenvalue weighted by Gasteiger charge is -2.19. The van der Waals surface area contributed by atoms with E-state index in [1.165, 1.54) is 12.1 Å². The van der Waals surface area contributed by atoms with Crippen LogP contribution >= 0.6 is 27.5 Å². The highest BCUT2D eigenvalue weighted by Gasteiger charge is 2.19. The minimum atomic E-state index is -0.946. The van der Waals surface area contributed by atoms with Crippen molar-refractivity contribution in [1.82, 2.24) is 5.32 Å². The van der Waals surface area contributed by atoms with Gasteiger partial charge in [0.2, 0.25) is 0 Å². The Morgan fingerprint density at radius 3 is 2.52 bits per heavy atom. The SMILES string of the molecule is CNC(Cc1cccc(F)c1Cl)c1ccc(F)c(F)c1Br. The van der Waals surface area contributed by atoms with Crippen molar-refractivity contribution in [1.29, 1.82) is 0 Å². The van der Waals surface area contributed by atoms with Crippen LogP contribution in [0.15, 0.2) is 34.8 Å². The van der Waals surface area contributed by atoms with Crippen molar-refractivity contribution in [2.45, 2.75) is 12.5 Å². The average Bonchev–Trinajstić information content (AvgIpc) is 2.47. The van der Waals surface area contributed by atoms with Crippen LogP contribution in [0, 0.1) is 17.5 Å². The molecular formula is C15H12BrClF3N. The molecule has 0 aromatic heterocycles. The van der Waals surface area contributed by atoms with Crippen LogP contribution in [0.3, 0.4) is 0 Å². The fourth-order valence-corrected chi connectivity index (χ4v) is 2.90. The summed E-state index contributed by atoms with van der Waals surface area (Å²) < 4.78 is 40.3. The van der Waals surface area contributed by atoms with Crippen LogP contribution in [0.4, 0.5) is 13.2 Å². The molecule has 1 nitrogen and oxygen atoms in total. The molecule has 0 amide bonds. The highest BCUT2D eigenvalue weighted by molar-refractivity contribution is 9.10. The summed E-state index contributed by atoms with van der Waals surface area (Å²) in [5.41, 5.74) is 1.13. The topological polar surface area (TPSA) is 12.0 Å². The molecule has 0 aliphatic carbocycles. The van der Waals surface area contributed by atoms with Crippen molar-refractivity contribution in [3.63, 3.8) is 0 Å². The number of hydrogen-bond acceptors (Lipinski definition) is 1. The first-order valence-electron chi connectivity index (χ1n) is 6.19. The molecule has 0 aliphatic heterocycles. The summed E-state index contributed by atoms with van der Waals surface area (Å²) >= 11 is 8.99. The van der Waals surface area contributed by atoms with E-state index >= 15 is 0 Å². The number of halogens is 5. The van der Waals surface area contributed by atoms with Crippen LogP contribution < -0.4 is 5.32 Å². The minimum Gasteiger partial charge on any atom is -0.313 e. The summed E-state index contributed by atoms with van der Waals surface area (Å²) in [6, 6.07) is 6.73. The smallest absolute Gasteiger partial charge is 0.173 e. The van der Waals surface area contributed by atoms with E-state index in [4.69, 9.17) is 11.6 Å². The van der Waals surface area contributed by atoms with Gasteiger partial charge in [-0.25, -0.2) is 13.2 Å². The van der Waals surface area contributed by atoms with Gasteiger partial charge in [-0.2, -0.15) is 0 Å². The number of hydrogen-bond donors (Lipinski definition) is 1. The third-order valence-corrected chi connectivity index (χ3v) is 4.47. The predicted octanol–water partition coefficient (Wildman–Crippen LogP) is 5.02. The third kappa shape index (κ3) is 3.42. The Kier molecular flexibility index (Phi) is 5.30. The zero-order valence-electron chi connectivity index (χ0n) is 11.1. The van der Waals surface area contributed by atoms with E-state index in [9.17, 15) is 13.2 Å². The molecule has 0 bridgehead atoms. The van der Waals surface area contributed by atoms with Crippen LogP contribution in [0.25, 0.3) is 0 Å². The van der Waals surface area contributed by atoms with E-state index in [0.29, 0.717) is 17.5 Å². The van der Waals surface area contributed by atoms with Gasteiger partial charge < -0.3 is 5.32 Å². The van der Waals surface area contributed by atoms with E-state index in [-0.39, 0.29) is 15.5 Å². The van der Waals surface area contributed by atoms with Crippen LogP contribution in [0.1, 0.15) is 17.2 Å². The Hall–Kier alpha value is -1.04. The number of nitrogens with one attached hydrogen (secondary N) is 1. The molecule has 1 N–H and O–H groups in total. The molecule has 0 spiro atoms. The first-order valence-corrected chi connectivity index (χ1v) is 7.36. The number of benzene rings is 2. The van der Waals surface area contributed by atoms with Crippen molar-refractivity contribution in [2.24, 2.45) is 0 Å². The molecular weight excluding hydrogens is 367 g/mol. The van der Waals surface area contributed by atoms with Gasteiger partial charge in [0.05, 0.1) is 9.50 Å². The first kappa shape index (κ1) is 16.3. The zero-order valence-corrected chi connectivity index (χ0v) is 13.4. The molecule has 21 heavy (non-hydrogen) atoms. The van der Waals surface area contributed by atoms with Gasteiger partial charge in [-0.15, -0.1) is 0 Å². The normalized spacial score (nSPS) is 12.5. The van der Waals surface area contributed by atoms with Gasteiger partial charge in [-0.3, -0.25) is 0 Å². The number of rotatable bonds is 4. The first-order chi connectivity index (χ1) is 9.95. The molecule has 0 fully saturated rings. The number of likely N-dealkylation sites (N-methyl/N-ethyl adjacent to an activating group) is 1. The summed E-state index contributed by atoms with van der Waals surface area (Å²) in [6.07, 6.45) is 0.344. The maximum atomic E-state index is 13.6. The Morgan fingerprint density at radius 2 is 1.86 bits per heavy atom. The molecule has 0 heterocycles. The van der Waals surface area contributed by atoms with Crippen molar-refractivity contribution >= 4 is 27.5 Å². The third-order valence-electron chi connectivity index (χ3n) is 3.24. The van der Waals surface area contributed by atoms with Crippen LogP contribution in [0.2, 0.25) is 5.02 Å². The van der Waals surface area contributed by atoms with E-state index < -0.39 is 17.5 Å². The minimum absolute atomic E-state index is 0.0384. The largest absolute Gasteiger partial charge is 0.313 e. The standard InChI is InChI=1S/C15H12BrClF3N/c1-21-12(7-8-3-2-4-10(18)14(8)17)9-5-6-11(19)15(20)13(9)16/h2-6,12,21H,7H2,1H3. The predicted molar refractivity (Wildman–Crippen MR) is 81.0 cm³/mol. The fourth-order valence-electron chi connectivity index (χ4n) is 2.10. The Labute approximate surface area is 134 Å². The molecule has 0 radical (unpaired) electrons. The van der Waals surface area contributed by atoms with Crippen molar-refractivity contribution in [3.05, 3.63) is 68.4 Å². The van der Waals surface area contributed by atoms with Gasteiger partial charge in [0.15, 0.2) is 11.6 Å². The lowest BCUT2D eigenvalue weighted by molar-refractivity contribution is 0.495. The molecule has 1 atom stereocenters. The van der Waals surface area contributed by atoms with Gasteiger partial charge in [0.25, 0.3) is 0 Å². The lowest BCUT2D eigenvalue weighted by atomic mass is 9.98. The molecule has 0 saturated carbocycles. The second-order valence-electron chi connectivity index (χ2n) is 4.52. The summed E-state index contributed by atoms with van der Waals surface area (Å²) in [5.74, 6) is -2.38. The molecule has 2 aromatic rings. The quantitative estimate of drug-likeness (QED) is 0.736. The Balaban J connectivity index is 2.37. The molecule has 0 saturated heterocycles. The zero-order chi connectivity index (χ0) is 15.6. The van der Waals surface area contributed by atoms with Crippen LogP contribution in [-0.4, -0.2) is 7.05 Å². The molecule has 2 rings (SSSR count). The van der Waals surface area contributed by atoms with Gasteiger partial charge in [0.1, 0.15) is 5.82 Å². The summed E-state index contributed by atoms with van der Waals surface area (Å²) in [7, 11) is 1.69. The molecule has 1 unspecified atom stereocenters. The van der Waals surface area contributed by atoms with Gasteiger partial charge >= 0.3 is 0 Å². The molecule has 112 valence electrons. The van der Waals surface area contributed by atoms with Gasteiger partial charge in [-0.1, -0.05) is 29.8 Å². The van der Waals surface area contributed by atoms with Crippen LogP contribution in [-0.2, 0) is 6.42 Å². The highest BCUT2D eigenvalue weighted by atomic mass is 79.9. The van der Waals surface area contributed by atoms with E-state index in [1.807, 2.05) is 0 Å². The van der Waals surface area contributed by atoms with Crippen molar-refractivity contribution in [3.8, 4) is 0 Å². The van der Waals surface area contributed by atoms with E-state index in [2.05, 4.69) is 21.2 Å². The van der Waals surface area contributed by atoms with E-state index in [1.54, 1.807) is 19.2 Å². The maximum Gasteiger partial charge on any atom is 0.173 e. The Morgan fingerprint density at radius 1 is 1.14 bits per heavy atom. The van der Waals surface area contributed by atoms with E-state index in [0.717, 1.165) is 6.07 Å². The summed E-state index contributed by atoms with van der Waals surface area (Å²) in [6.45, 7) is 0. The van der Waals surface area contributed by atoms with Gasteiger partial charge in [-0.05, 0) is 52.7 Å². The molecule has 6 heteroatoms. The monoisotopic (exact) mass is 377 g/mol. The highest BCUT2D eigenvalue weighted by Crippen LogP contribution is 2.31. The molecule has 0 aliphatic rings. The lowest BCUT2D eigenvalue weighted by Crippen LogP contribution is -2.20. The van der Waals surface area contributed by atoms with Crippen LogP contribution in [0.5, 0.6) is 0 Å². The van der Waals surface area contributed by atoms with Gasteiger partial charge in [0, 0.05) is 6.04 Å². The molecule has 2 aromatic carbocycles. The average molecular weight is 379 g/mol. The summed E-state index contributed by atoms with van der Waals surface area (Å²) in [5, 5.41) is 3.04. The van der Waals surface area contributed by atoms with Crippen molar-refractivity contribution < 1.29 is 13.2 Å². The van der Waals surface area contributed by atoms with Crippen molar-refractivity contribution in [2.75, 3.05) is 7.05 Å². The Bertz CT molecular complexity index is 664. The maximum absolute atomic E-state index is 13.6. The summed E-state index contributed by atoms with van der Waals surface area (Å²) in [4.78, 5) is 0. The second-order valence-corrected chi connectivity index (χ2v) is 5.69.